The number of carbonyl (C=O) groups excluding carboxylic acids is 2. The molecule has 10 heteroatoms. The zero-order valence-electron chi connectivity index (χ0n) is 16.0. The number of hydrogen-bond acceptors (Lipinski definition) is 7. The first kappa shape index (κ1) is 19.7. The minimum atomic E-state index is -0.493. The zero-order valence-corrected chi connectivity index (χ0v) is 17.6. The maximum absolute atomic E-state index is 12.0. The largest absolute Gasteiger partial charge is 0.441 e. The van der Waals surface area contributed by atoms with Gasteiger partial charge < -0.3 is 24.8 Å². The van der Waals surface area contributed by atoms with E-state index in [-0.39, 0.29) is 29.7 Å². The molecule has 1 aliphatic heterocycles. The number of pyridine rings is 1. The van der Waals surface area contributed by atoms with Gasteiger partial charge in [-0.25, -0.2) is 9.78 Å². The van der Waals surface area contributed by atoms with Crippen molar-refractivity contribution in [3.8, 4) is 0 Å². The van der Waals surface area contributed by atoms with E-state index in [0.29, 0.717) is 5.76 Å². The summed E-state index contributed by atoms with van der Waals surface area (Å²) in [6.45, 7) is 1.86. The van der Waals surface area contributed by atoms with E-state index in [1.54, 1.807) is 0 Å². The number of alkyl carbamates (subject to hydrolysis) is 1. The third kappa shape index (κ3) is 4.36. The van der Waals surface area contributed by atoms with E-state index >= 15 is 0 Å². The standard InChI is InChI=1S/C19H22BrN5O4/c1-21-17(26)15-6-14(29-24-15)10-28-18(27)23-13-7-19(8-13)4-5-25(11-19)16-3-2-12(20)9-22-16/h2-3,6,9,13H,4-5,7-8,10-11H2,1H3,(H,21,26)(H,23,27). The number of nitrogens with one attached hydrogen (secondary N) is 2. The predicted octanol–water partition coefficient (Wildman–Crippen LogP) is 2.48. The molecule has 2 aromatic heterocycles. The quantitative estimate of drug-likeness (QED) is 0.700. The molecule has 9 nitrogen and oxygen atoms in total. The Bertz CT molecular complexity index is 894. The number of ether oxygens (including phenoxy) is 1. The van der Waals surface area contributed by atoms with Crippen molar-refractivity contribution in [2.24, 2.45) is 5.41 Å². The molecule has 1 saturated carbocycles. The molecular formula is C19H22BrN5O4. The van der Waals surface area contributed by atoms with Crippen LogP contribution in [0, 0.1) is 5.41 Å². The van der Waals surface area contributed by atoms with Crippen LogP contribution in [0.4, 0.5) is 10.6 Å². The number of halogens is 1. The lowest BCUT2D eigenvalue weighted by atomic mass is 9.65. The van der Waals surface area contributed by atoms with Gasteiger partial charge in [-0.3, -0.25) is 4.79 Å². The van der Waals surface area contributed by atoms with E-state index in [4.69, 9.17) is 9.26 Å². The normalized spacial score (nSPS) is 23.0. The third-order valence-corrected chi connectivity index (χ3v) is 5.99. The molecule has 1 saturated heterocycles. The van der Waals surface area contributed by atoms with E-state index in [9.17, 15) is 9.59 Å². The molecule has 0 unspecified atom stereocenters. The highest BCUT2D eigenvalue weighted by Crippen LogP contribution is 2.48. The fourth-order valence-electron chi connectivity index (χ4n) is 4.07. The van der Waals surface area contributed by atoms with Gasteiger partial charge in [0.05, 0.1) is 0 Å². The Morgan fingerprint density at radius 3 is 2.97 bits per heavy atom. The summed E-state index contributed by atoms with van der Waals surface area (Å²) < 4.78 is 11.1. The molecule has 0 aromatic carbocycles. The monoisotopic (exact) mass is 463 g/mol. The van der Waals surface area contributed by atoms with Crippen molar-refractivity contribution < 1.29 is 18.8 Å². The predicted molar refractivity (Wildman–Crippen MR) is 107 cm³/mol. The number of carbonyl (C=O) groups is 2. The lowest BCUT2D eigenvalue weighted by Gasteiger charge is -2.45. The number of nitrogens with zero attached hydrogens (tertiary/aromatic N) is 3. The first-order chi connectivity index (χ1) is 14.0. The van der Waals surface area contributed by atoms with Crippen LogP contribution in [0.2, 0.25) is 0 Å². The second kappa shape index (κ2) is 8.02. The summed E-state index contributed by atoms with van der Waals surface area (Å²) in [5.74, 6) is 0.953. The molecule has 2 N–H and O–H groups in total. The van der Waals surface area contributed by atoms with Crippen LogP contribution in [0.25, 0.3) is 0 Å². The number of amides is 2. The molecule has 2 fully saturated rings. The summed E-state index contributed by atoms with van der Waals surface area (Å²) in [5, 5.41) is 8.97. The molecule has 2 aromatic rings. The van der Waals surface area contributed by atoms with Gasteiger partial charge in [0.25, 0.3) is 5.91 Å². The van der Waals surface area contributed by atoms with Gasteiger partial charge in [-0.1, -0.05) is 5.16 Å². The van der Waals surface area contributed by atoms with Gasteiger partial charge >= 0.3 is 6.09 Å². The Kier molecular flexibility index (Phi) is 5.44. The van der Waals surface area contributed by atoms with E-state index < -0.39 is 6.09 Å². The molecule has 4 rings (SSSR count). The maximum atomic E-state index is 12.0. The molecule has 2 aliphatic rings. The summed E-state index contributed by atoms with van der Waals surface area (Å²) in [7, 11) is 1.50. The van der Waals surface area contributed by atoms with Crippen molar-refractivity contribution in [1.82, 2.24) is 20.8 Å². The molecule has 2 amide bonds. The van der Waals surface area contributed by atoms with Gasteiger partial charge in [0.1, 0.15) is 5.82 Å². The molecule has 154 valence electrons. The minimum Gasteiger partial charge on any atom is -0.441 e. The van der Waals surface area contributed by atoms with Crippen LogP contribution in [-0.2, 0) is 11.3 Å². The Labute approximate surface area is 176 Å². The molecule has 1 spiro atoms. The Morgan fingerprint density at radius 2 is 2.24 bits per heavy atom. The molecule has 0 atom stereocenters. The summed E-state index contributed by atoms with van der Waals surface area (Å²) in [5.41, 5.74) is 0.388. The summed E-state index contributed by atoms with van der Waals surface area (Å²) >= 11 is 3.41. The minimum absolute atomic E-state index is 0.0727. The van der Waals surface area contributed by atoms with Crippen LogP contribution in [0.15, 0.2) is 33.4 Å². The molecular weight excluding hydrogens is 442 g/mol. The van der Waals surface area contributed by atoms with Crippen LogP contribution in [0.5, 0.6) is 0 Å². The van der Waals surface area contributed by atoms with Gasteiger partial charge in [-0.05, 0) is 52.7 Å². The van der Waals surface area contributed by atoms with Crippen molar-refractivity contribution in [3.05, 3.63) is 40.3 Å². The summed E-state index contributed by atoms with van der Waals surface area (Å²) in [6.07, 6.45) is 4.27. The van der Waals surface area contributed by atoms with Crippen molar-refractivity contribution in [1.29, 1.82) is 0 Å². The van der Waals surface area contributed by atoms with Crippen molar-refractivity contribution in [3.63, 3.8) is 0 Å². The first-order valence-corrected chi connectivity index (χ1v) is 10.2. The van der Waals surface area contributed by atoms with Crippen molar-refractivity contribution in [2.45, 2.75) is 31.9 Å². The second-order valence-electron chi connectivity index (χ2n) is 7.59. The van der Waals surface area contributed by atoms with Gasteiger partial charge in [0.15, 0.2) is 18.1 Å². The lowest BCUT2D eigenvalue weighted by molar-refractivity contribution is 0.0821. The Hall–Kier alpha value is -2.62. The lowest BCUT2D eigenvalue weighted by Crippen LogP contribution is -2.52. The van der Waals surface area contributed by atoms with E-state index in [1.807, 2.05) is 18.3 Å². The second-order valence-corrected chi connectivity index (χ2v) is 8.51. The van der Waals surface area contributed by atoms with Gasteiger partial charge in [0.2, 0.25) is 0 Å². The average Bonchev–Trinajstić information content (AvgIpc) is 3.34. The van der Waals surface area contributed by atoms with Gasteiger partial charge in [-0.2, -0.15) is 0 Å². The molecule has 0 radical (unpaired) electrons. The van der Waals surface area contributed by atoms with E-state index in [2.05, 4.69) is 41.6 Å². The number of aromatic nitrogens is 2. The zero-order chi connectivity index (χ0) is 20.4. The first-order valence-electron chi connectivity index (χ1n) is 9.44. The SMILES string of the molecule is CNC(=O)c1cc(COC(=O)NC2CC3(CCN(c4ccc(Br)cn4)C3)C2)on1. The van der Waals surface area contributed by atoms with Crippen molar-refractivity contribution in [2.75, 3.05) is 25.0 Å². The maximum Gasteiger partial charge on any atom is 0.407 e. The van der Waals surface area contributed by atoms with Crippen LogP contribution in [0.1, 0.15) is 35.5 Å². The van der Waals surface area contributed by atoms with Crippen LogP contribution in [0.3, 0.4) is 0 Å². The Morgan fingerprint density at radius 1 is 1.41 bits per heavy atom. The summed E-state index contributed by atoms with van der Waals surface area (Å²) in [6, 6.07) is 5.58. The Balaban J connectivity index is 1.20. The highest BCUT2D eigenvalue weighted by molar-refractivity contribution is 9.10. The number of hydrogen-bond donors (Lipinski definition) is 2. The van der Waals surface area contributed by atoms with Gasteiger partial charge in [0, 0.05) is 42.9 Å². The fourth-order valence-corrected chi connectivity index (χ4v) is 4.30. The number of rotatable bonds is 5. The topological polar surface area (TPSA) is 110 Å². The van der Waals surface area contributed by atoms with Crippen molar-refractivity contribution >= 4 is 33.7 Å². The van der Waals surface area contributed by atoms with E-state index in [0.717, 1.165) is 42.6 Å². The molecule has 29 heavy (non-hydrogen) atoms. The summed E-state index contributed by atoms with van der Waals surface area (Å²) in [4.78, 5) is 30.3. The molecule has 0 bridgehead atoms. The highest BCUT2D eigenvalue weighted by atomic mass is 79.9. The molecule has 1 aliphatic carbocycles. The third-order valence-electron chi connectivity index (χ3n) is 5.52. The van der Waals surface area contributed by atoms with Gasteiger partial charge in [-0.15, -0.1) is 0 Å². The van der Waals surface area contributed by atoms with E-state index in [1.165, 1.54) is 13.1 Å². The van der Waals surface area contributed by atoms with Crippen LogP contribution < -0.4 is 15.5 Å². The highest BCUT2D eigenvalue weighted by Gasteiger charge is 2.49. The molecule has 3 heterocycles. The van der Waals surface area contributed by atoms with Crippen LogP contribution >= 0.6 is 15.9 Å². The average molecular weight is 464 g/mol. The smallest absolute Gasteiger partial charge is 0.407 e. The fraction of sp³-hybridized carbons (Fsp3) is 0.474. The van der Waals surface area contributed by atoms with Crippen LogP contribution in [-0.4, -0.2) is 48.3 Å². The number of anilines is 1.